The molecule has 0 atom stereocenters. The number of hydrogen-bond acceptors (Lipinski definition) is 2. The molecule has 0 spiro atoms. The van der Waals surface area contributed by atoms with Gasteiger partial charge in [-0.1, -0.05) is 42.0 Å². The minimum atomic E-state index is -0.144. The Labute approximate surface area is 143 Å². The summed E-state index contributed by atoms with van der Waals surface area (Å²) in [4.78, 5) is 23.9. The molecule has 2 aromatic carbocycles. The van der Waals surface area contributed by atoms with Crippen molar-refractivity contribution in [2.75, 3.05) is 5.32 Å². The standard InChI is InChI=1S/C20H24N2O2/c1-14-7-9-17(10-8-14)13-21-19(23)11-12-20(24)22-18-6-4-5-15(2)16(18)3/h4-10H,11-13H2,1-3H3,(H,21,23)(H,22,24). The maximum atomic E-state index is 12.0. The molecule has 0 radical (unpaired) electrons. The van der Waals surface area contributed by atoms with Crippen molar-refractivity contribution in [2.24, 2.45) is 0 Å². The Morgan fingerprint density at radius 3 is 2.25 bits per heavy atom. The van der Waals surface area contributed by atoms with E-state index >= 15 is 0 Å². The van der Waals surface area contributed by atoms with Gasteiger partial charge in [-0.2, -0.15) is 0 Å². The van der Waals surface area contributed by atoms with Crippen LogP contribution < -0.4 is 10.6 Å². The second-order valence-electron chi connectivity index (χ2n) is 6.06. The van der Waals surface area contributed by atoms with Gasteiger partial charge in [0.25, 0.3) is 0 Å². The maximum Gasteiger partial charge on any atom is 0.224 e. The van der Waals surface area contributed by atoms with Crippen LogP contribution in [0.4, 0.5) is 5.69 Å². The van der Waals surface area contributed by atoms with Gasteiger partial charge in [-0.15, -0.1) is 0 Å². The molecule has 4 nitrogen and oxygen atoms in total. The predicted octanol–water partition coefficient (Wildman–Crippen LogP) is 3.65. The second-order valence-corrected chi connectivity index (χ2v) is 6.06. The molecule has 0 aliphatic carbocycles. The molecule has 0 heterocycles. The summed E-state index contributed by atoms with van der Waals surface area (Å²) >= 11 is 0. The van der Waals surface area contributed by atoms with Gasteiger partial charge in [-0.25, -0.2) is 0 Å². The van der Waals surface area contributed by atoms with E-state index in [1.807, 2.05) is 63.2 Å². The number of amides is 2. The molecule has 2 N–H and O–H groups in total. The molecule has 0 fully saturated rings. The molecule has 0 saturated heterocycles. The minimum Gasteiger partial charge on any atom is -0.352 e. The maximum absolute atomic E-state index is 12.0. The van der Waals surface area contributed by atoms with Gasteiger partial charge in [0, 0.05) is 25.1 Å². The summed E-state index contributed by atoms with van der Waals surface area (Å²) in [5, 5.41) is 5.71. The fraction of sp³-hybridized carbons (Fsp3) is 0.300. The summed E-state index contributed by atoms with van der Waals surface area (Å²) in [5.74, 6) is -0.263. The first-order valence-electron chi connectivity index (χ1n) is 8.14. The van der Waals surface area contributed by atoms with E-state index in [9.17, 15) is 9.59 Å². The summed E-state index contributed by atoms with van der Waals surface area (Å²) in [6.07, 6.45) is 0.357. The molecule has 0 bridgehead atoms. The number of rotatable bonds is 6. The van der Waals surface area contributed by atoms with Crippen LogP contribution in [0.2, 0.25) is 0 Å². The van der Waals surface area contributed by atoms with Gasteiger partial charge in [0.2, 0.25) is 11.8 Å². The fourth-order valence-corrected chi connectivity index (χ4v) is 2.32. The van der Waals surface area contributed by atoms with Crippen molar-refractivity contribution in [3.63, 3.8) is 0 Å². The van der Waals surface area contributed by atoms with E-state index in [0.717, 1.165) is 22.4 Å². The Bertz CT molecular complexity index is 721. The van der Waals surface area contributed by atoms with E-state index in [4.69, 9.17) is 0 Å². The molecular formula is C20H24N2O2. The molecule has 4 heteroatoms. The van der Waals surface area contributed by atoms with Crippen LogP contribution >= 0.6 is 0 Å². The number of hydrogen-bond donors (Lipinski definition) is 2. The van der Waals surface area contributed by atoms with Gasteiger partial charge in [0.15, 0.2) is 0 Å². The van der Waals surface area contributed by atoms with Crippen LogP contribution in [0, 0.1) is 20.8 Å². The van der Waals surface area contributed by atoms with Crippen LogP contribution in [0.25, 0.3) is 0 Å². The van der Waals surface area contributed by atoms with E-state index < -0.39 is 0 Å². The molecule has 0 unspecified atom stereocenters. The van der Waals surface area contributed by atoms with Crippen LogP contribution in [0.15, 0.2) is 42.5 Å². The second kappa shape index (κ2) is 8.29. The third-order valence-corrected chi connectivity index (χ3v) is 4.07. The molecule has 0 aliphatic rings. The predicted molar refractivity (Wildman–Crippen MR) is 96.8 cm³/mol. The lowest BCUT2D eigenvalue weighted by atomic mass is 10.1. The zero-order valence-corrected chi connectivity index (χ0v) is 14.5. The summed E-state index contributed by atoms with van der Waals surface area (Å²) in [6, 6.07) is 13.8. The van der Waals surface area contributed by atoms with E-state index in [2.05, 4.69) is 10.6 Å². The van der Waals surface area contributed by atoms with Crippen molar-refractivity contribution in [1.29, 1.82) is 0 Å². The third kappa shape index (κ3) is 5.23. The lowest BCUT2D eigenvalue weighted by Crippen LogP contribution is -2.24. The third-order valence-electron chi connectivity index (χ3n) is 4.07. The average Bonchev–Trinajstić information content (AvgIpc) is 2.56. The Kier molecular flexibility index (Phi) is 6.13. The highest BCUT2D eigenvalue weighted by Crippen LogP contribution is 2.18. The number of carbonyl (C=O) groups is 2. The highest BCUT2D eigenvalue weighted by atomic mass is 16.2. The van der Waals surface area contributed by atoms with Gasteiger partial charge in [-0.3, -0.25) is 9.59 Å². The Morgan fingerprint density at radius 1 is 0.875 bits per heavy atom. The normalized spacial score (nSPS) is 10.3. The largest absolute Gasteiger partial charge is 0.352 e. The molecule has 2 rings (SSSR count). The summed E-state index contributed by atoms with van der Waals surface area (Å²) in [7, 11) is 0. The average molecular weight is 324 g/mol. The fourth-order valence-electron chi connectivity index (χ4n) is 2.32. The molecule has 24 heavy (non-hydrogen) atoms. The summed E-state index contributed by atoms with van der Waals surface area (Å²) < 4.78 is 0. The van der Waals surface area contributed by atoms with Crippen molar-refractivity contribution in [2.45, 2.75) is 40.2 Å². The molecule has 0 aromatic heterocycles. The molecular weight excluding hydrogens is 300 g/mol. The smallest absolute Gasteiger partial charge is 0.224 e. The molecule has 0 aliphatic heterocycles. The number of nitrogens with one attached hydrogen (secondary N) is 2. The molecule has 126 valence electrons. The Hall–Kier alpha value is -2.62. The number of anilines is 1. The summed E-state index contributed by atoms with van der Waals surface area (Å²) in [5.41, 5.74) is 5.22. The number of benzene rings is 2. The number of carbonyl (C=O) groups excluding carboxylic acids is 2. The van der Waals surface area contributed by atoms with Gasteiger partial charge >= 0.3 is 0 Å². The van der Waals surface area contributed by atoms with Gasteiger partial charge in [0.1, 0.15) is 0 Å². The molecule has 0 saturated carbocycles. The van der Waals surface area contributed by atoms with E-state index in [1.165, 1.54) is 5.56 Å². The zero-order valence-electron chi connectivity index (χ0n) is 14.5. The SMILES string of the molecule is Cc1ccc(CNC(=O)CCC(=O)Nc2cccc(C)c2C)cc1. The molecule has 2 aromatic rings. The van der Waals surface area contributed by atoms with Crippen molar-refractivity contribution < 1.29 is 9.59 Å². The highest BCUT2D eigenvalue weighted by Gasteiger charge is 2.09. The lowest BCUT2D eigenvalue weighted by Gasteiger charge is -2.10. The topological polar surface area (TPSA) is 58.2 Å². The van der Waals surface area contributed by atoms with Gasteiger partial charge in [0.05, 0.1) is 0 Å². The highest BCUT2D eigenvalue weighted by molar-refractivity contribution is 5.93. The zero-order chi connectivity index (χ0) is 17.5. The van der Waals surface area contributed by atoms with Crippen LogP contribution in [-0.4, -0.2) is 11.8 Å². The van der Waals surface area contributed by atoms with Gasteiger partial charge < -0.3 is 10.6 Å². The van der Waals surface area contributed by atoms with Gasteiger partial charge in [-0.05, 0) is 43.5 Å². The van der Waals surface area contributed by atoms with E-state index in [1.54, 1.807) is 0 Å². The summed E-state index contributed by atoms with van der Waals surface area (Å²) in [6.45, 7) is 6.48. The van der Waals surface area contributed by atoms with Crippen molar-refractivity contribution >= 4 is 17.5 Å². The van der Waals surface area contributed by atoms with E-state index in [0.29, 0.717) is 6.54 Å². The molecule has 2 amide bonds. The lowest BCUT2D eigenvalue weighted by molar-refractivity contribution is -0.124. The first-order valence-corrected chi connectivity index (χ1v) is 8.14. The monoisotopic (exact) mass is 324 g/mol. The quantitative estimate of drug-likeness (QED) is 0.852. The van der Waals surface area contributed by atoms with Crippen molar-refractivity contribution in [3.05, 3.63) is 64.7 Å². The Balaban J connectivity index is 1.75. The van der Waals surface area contributed by atoms with Crippen molar-refractivity contribution in [3.8, 4) is 0 Å². The minimum absolute atomic E-state index is 0.119. The van der Waals surface area contributed by atoms with Crippen LogP contribution in [0.3, 0.4) is 0 Å². The van der Waals surface area contributed by atoms with Crippen LogP contribution in [-0.2, 0) is 16.1 Å². The van der Waals surface area contributed by atoms with Crippen LogP contribution in [0.5, 0.6) is 0 Å². The Morgan fingerprint density at radius 2 is 1.54 bits per heavy atom. The first kappa shape index (κ1) is 17.7. The first-order chi connectivity index (χ1) is 11.5. The van der Waals surface area contributed by atoms with Crippen LogP contribution in [0.1, 0.15) is 35.1 Å². The van der Waals surface area contributed by atoms with E-state index in [-0.39, 0.29) is 24.7 Å². The number of aryl methyl sites for hydroxylation is 2. The van der Waals surface area contributed by atoms with Crippen molar-refractivity contribution in [1.82, 2.24) is 5.32 Å².